The summed E-state index contributed by atoms with van der Waals surface area (Å²) in [4.78, 5) is 36.4. The summed E-state index contributed by atoms with van der Waals surface area (Å²) in [6, 6.07) is 15.4. The Kier molecular flexibility index (Phi) is 6.71. The molecule has 0 fully saturated rings. The Hall–Kier alpha value is -3.49. The summed E-state index contributed by atoms with van der Waals surface area (Å²) < 4.78 is 34.2. The van der Waals surface area contributed by atoms with Crippen molar-refractivity contribution in [2.24, 2.45) is 0 Å². The number of carbonyl (C=O) groups is 3. The Morgan fingerprint density at radius 3 is 2.03 bits per heavy atom. The molecule has 2 aromatic carbocycles. The van der Waals surface area contributed by atoms with E-state index in [2.05, 4.69) is 0 Å². The lowest BCUT2D eigenvalue weighted by atomic mass is 9.98. The second kappa shape index (κ2) is 9.17. The van der Waals surface area contributed by atoms with E-state index in [1.807, 2.05) is 53.8 Å². The summed E-state index contributed by atoms with van der Waals surface area (Å²) in [6.45, 7) is 2.11. The summed E-state index contributed by atoms with van der Waals surface area (Å²) in [6.07, 6.45) is -1.09. The molecule has 2 aromatic rings. The Morgan fingerprint density at radius 1 is 1.03 bits per heavy atom. The first-order valence-electron chi connectivity index (χ1n) is 10.5. The molecule has 0 atom stereocenters. The summed E-state index contributed by atoms with van der Waals surface area (Å²) >= 11 is 0. The molecule has 0 heterocycles. The van der Waals surface area contributed by atoms with Gasteiger partial charge in [0.15, 0.2) is 0 Å². The smallest absolute Gasteiger partial charge is 0.407 e. The van der Waals surface area contributed by atoms with Crippen LogP contribution in [0.25, 0.3) is 11.1 Å². The van der Waals surface area contributed by atoms with Gasteiger partial charge in [-0.15, -0.1) is 0 Å². The Labute approximate surface area is 190 Å². The number of carboxylic acids is 1. The molecule has 0 unspecified atom stereocenters. The van der Waals surface area contributed by atoms with Gasteiger partial charge in [0.2, 0.25) is 0 Å². The van der Waals surface area contributed by atoms with Crippen LogP contribution in [0.2, 0.25) is 0 Å². The van der Waals surface area contributed by atoms with Gasteiger partial charge >= 0.3 is 18.0 Å². The molecule has 0 radical (unpaired) electrons. The number of benzene rings is 2. The van der Waals surface area contributed by atoms with E-state index in [1.165, 1.54) is 6.92 Å². The third-order valence-corrected chi connectivity index (χ3v) is 5.87. The van der Waals surface area contributed by atoms with Crippen LogP contribution >= 0.6 is 0 Å². The van der Waals surface area contributed by atoms with E-state index >= 15 is 0 Å². The van der Waals surface area contributed by atoms with Gasteiger partial charge in [0, 0.05) is 12.5 Å². The minimum Gasteiger partial charge on any atom is -0.480 e. The highest BCUT2D eigenvalue weighted by Crippen LogP contribution is 2.44. The second-order valence-electron chi connectivity index (χ2n) is 8.30. The van der Waals surface area contributed by atoms with Crippen molar-refractivity contribution < 1.29 is 33.0 Å². The number of hydrogen-bond acceptors (Lipinski definition) is 4. The highest BCUT2D eigenvalue weighted by molar-refractivity contribution is 5.90. The number of carboxylic acid groups (broad SMARTS) is 1. The van der Waals surface area contributed by atoms with Gasteiger partial charge in [-0.05, 0) is 43.0 Å². The highest BCUT2D eigenvalue weighted by Gasteiger charge is 2.48. The van der Waals surface area contributed by atoms with Crippen LogP contribution in [0.4, 0.5) is 13.6 Å². The van der Waals surface area contributed by atoms with Gasteiger partial charge in [-0.3, -0.25) is 4.79 Å². The van der Waals surface area contributed by atoms with E-state index in [1.54, 1.807) is 0 Å². The fourth-order valence-corrected chi connectivity index (χ4v) is 4.01. The Bertz CT molecular complexity index is 1020. The van der Waals surface area contributed by atoms with E-state index in [0.29, 0.717) is 4.90 Å². The predicted octanol–water partition coefficient (Wildman–Crippen LogP) is 3.87. The number of aliphatic carboxylic acids is 1. The van der Waals surface area contributed by atoms with Crippen LogP contribution in [0.15, 0.2) is 48.5 Å². The molecule has 2 amide bonds. The minimum atomic E-state index is -4.01. The Balaban J connectivity index is 1.63. The lowest BCUT2D eigenvalue weighted by molar-refractivity contribution is -0.170. The zero-order valence-electron chi connectivity index (χ0n) is 18.6. The lowest BCUT2D eigenvalue weighted by Gasteiger charge is -2.36. The van der Waals surface area contributed by atoms with Gasteiger partial charge < -0.3 is 20.1 Å². The maximum absolute atomic E-state index is 14.5. The molecule has 0 bridgehead atoms. The molecule has 3 rings (SSSR count). The highest BCUT2D eigenvalue weighted by atomic mass is 19.3. The van der Waals surface area contributed by atoms with Gasteiger partial charge in [-0.2, -0.15) is 8.78 Å². The lowest BCUT2D eigenvalue weighted by Crippen LogP contribution is -2.59. The van der Waals surface area contributed by atoms with Crippen LogP contribution in [0.3, 0.4) is 0 Å². The van der Waals surface area contributed by atoms with E-state index in [0.717, 1.165) is 36.1 Å². The van der Waals surface area contributed by atoms with Crippen LogP contribution in [-0.4, -0.2) is 59.1 Å². The topological polar surface area (TPSA) is 95.9 Å². The molecule has 0 saturated heterocycles. The molecule has 1 aliphatic rings. The number of fused-ring (bicyclic) bond motifs is 3. The zero-order valence-corrected chi connectivity index (χ0v) is 18.6. The number of halogens is 2. The SMILES string of the molecule is CCN(C(=O)C(F)(F)CNC(=O)OCC1c2ccccc2-c2ccccc21)C(C)(C)C(=O)O. The number of alkyl carbamates (subject to hydrolysis) is 1. The van der Waals surface area contributed by atoms with Crippen molar-refractivity contribution in [3.8, 4) is 11.1 Å². The monoisotopic (exact) mass is 460 g/mol. The molecule has 9 heteroatoms. The number of hydrogen-bond donors (Lipinski definition) is 2. The number of ether oxygens (including phenoxy) is 1. The van der Waals surface area contributed by atoms with Crippen molar-refractivity contribution in [3.05, 3.63) is 59.7 Å². The van der Waals surface area contributed by atoms with Crippen LogP contribution in [0.5, 0.6) is 0 Å². The molecule has 0 saturated carbocycles. The van der Waals surface area contributed by atoms with Gasteiger partial charge in [-0.25, -0.2) is 9.59 Å². The molecule has 33 heavy (non-hydrogen) atoms. The number of alkyl halides is 2. The summed E-state index contributed by atoms with van der Waals surface area (Å²) in [5.41, 5.74) is 2.17. The standard InChI is InChI=1S/C24H26F2N2O5/c1-4-28(23(2,3)21(30)31)20(29)24(25,26)14-27-22(32)33-13-19-17-11-7-5-9-15(17)16-10-6-8-12-18(16)19/h5-12,19H,4,13-14H2,1-3H3,(H,27,32)(H,30,31). The normalized spacial score (nSPS) is 13.1. The van der Waals surface area contributed by atoms with E-state index in [9.17, 15) is 28.3 Å². The molecule has 1 aliphatic carbocycles. The maximum atomic E-state index is 14.5. The van der Waals surface area contributed by atoms with Gasteiger partial charge in [0.1, 0.15) is 12.1 Å². The average molecular weight is 460 g/mol. The molecule has 7 nitrogen and oxygen atoms in total. The van der Waals surface area contributed by atoms with Crippen LogP contribution in [0.1, 0.15) is 37.8 Å². The van der Waals surface area contributed by atoms with Crippen molar-refractivity contribution in [3.63, 3.8) is 0 Å². The molecular weight excluding hydrogens is 434 g/mol. The molecule has 2 N–H and O–H groups in total. The van der Waals surface area contributed by atoms with Gasteiger partial charge in [-0.1, -0.05) is 48.5 Å². The first kappa shape index (κ1) is 24.2. The van der Waals surface area contributed by atoms with Crippen molar-refractivity contribution in [1.82, 2.24) is 10.2 Å². The number of rotatable bonds is 8. The number of carbonyl (C=O) groups excluding carboxylic acids is 2. The fourth-order valence-electron chi connectivity index (χ4n) is 4.01. The number of amides is 2. The largest absolute Gasteiger partial charge is 0.480 e. The minimum absolute atomic E-state index is 0.0630. The van der Waals surface area contributed by atoms with Crippen LogP contribution < -0.4 is 5.32 Å². The van der Waals surface area contributed by atoms with Gasteiger partial charge in [0.25, 0.3) is 5.91 Å². The van der Waals surface area contributed by atoms with Crippen molar-refractivity contribution in [2.45, 2.75) is 38.2 Å². The Morgan fingerprint density at radius 2 is 1.55 bits per heavy atom. The average Bonchev–Trinajstić information content (AvgIpc) is 3.10. The number of nitrogens with one attached hydrogen (secondary N) is 1. The van der Waals surface area contributed by atoms with Gasteiger partial charge in [0.05, 0.1) is 6.54 Å². The third-order valence-electron chi connectivity index (χ3n) is 5.87. The summed E-state index contributed by atoms with van der Waals surface area (Å²) in [7, 11) is 0. The predicted molar refractivity (Wildman–Crippen MR) is 117 cm³/mol. The fraction of sp³-hybridized carbons (Fsp3) is 0.375. The van der Waals surface area contributed by atoms with E-state index in [4.69, 9.17) is 4.74 Å². The van der Waals surface area contributed by atoms with Crippen LogP contribution in [0, 0.1) is 0 Å². The molecule has 0 spiro atoms. The molecule has 176 valence electrons. The van der Waals surface area contributed by atoms with Crippen molar-refractivity contribution in [2.75, 3.05) is 19.7 Å². The summed E-state index contributed by atoms with van der Waals surface area (Å²) in [5, 5.41) is 11.2. The first-order chi connectivity index (χ1) is 15.5. The van der Waals surface area contributed by atoms with Crippen molar-refractivity contribution in [1.29, 1.82) is 0 Å². The van der Waals surface area contributed by atoms with E-state index < -0.39 is 36.0 Å². The molecule has 0 aromatic heterocycles. The number of nitrogens with zero attached hydrogens (tertiary/aromatic N) is 1. The van der Waals surface area contributed by atoms with E-state index in [-0.39, 0.29) is 19.1 Å². The second-order valence-corrected chi connectivity index (χ2v) is 8.30. The van der Waals surface area contributed by atoms with Crippen LogP contribution in [-0.2, 0) is 14.3 Å². The first-order valence-corrected chi connectivity index (χ1v) is 10.5. The molecule has 0 aliphatic heterocycles. The third kappa shape index (κ3) is 4.67. The quantitative estimate of drug-likeness (QED) is 0.624. The number of likely N-dealkylation sites (N-methyl/N-ethyl adjacent to an activating group) is 1. The zero-order chi connectivity index (χ0) is 24.4. The van der Waals surface area contributed by atoms with Crippen molar-refractivity contribution >= 4 is 18.0 Å². The molecular formula is C24H26F2N2O5. The maximum Gasteiger partial charge on any atom is 0.407 e. The summed E-state index contributed by atoms with van der Waals surface area (Å²) in [5.74, 6) is -7.35.